The van der Waals surface area contributed by atoms with E-state index in [0.29, 0.717) is 5.39 Å². The Morgan fingerprint density at radius 1 is 1.04 bits per heavy atom. The zero-order valence-electron chi connectivity index (χ0n) is 14.7. The minimum absolute atomic E-state index is 0.0927. The van der Waals surface area contributed by atoms with Crippen LogP contribution < -0.4 is 10.3 Å². The van der Waals surface area contributed by atoms with Crippen LogP contribution in [0.2, 0.25) is 0 Å². The van der Waals surface area contributed by atoms with E-state index in [2.05, 4.69) is 5.10 Å². The SMILES string of the molecule is Cc1cccc(C)c1OCC(O)Cn1nc(C)c2ccccc2c1=O. The van der Waals surface area contributed by atoms with E-state index in [1.807, 2.05) is 57.2 Å². The fraction of sp³-hybridized carbons (Fsp3) is 0.300. The number of ether oxygens (including phenoxy) is 1. The first-order chi connectivity index (χ1) is 12.0. The number of fused-ring (bicyclic) bond motifs is 1. The van der Waals surface area contributed by atoms with Crippen LogP contribution in [0.1, 0.15) is 16.8 Å². The largest absolute Gasteiger partial charge is 0.490 e. The second kappa shape index (κ2) is 7.07. The van der Waals surface area contributed by atoms with Crippen molar-refractivity contribution in [2.24, 2.45) is 0 Å². The lowest BCUT2D eigenvalue weighted by molar-refractivity contribution is 0.0874. The second-order valence-corrected chi connectivity index (χ2v) is 6.30. The predicted molar refractivity (Wildman–Crippen MR) is 98.2 cm³/mol. The Bertz CT molecular complexity index is 943. The summed E-state index contributed by atoms with van der Waals surface area (Å²) >= 11 is 0. The maximum atomic E-state index is 12.5. The van der Waals surface area contributed by atoms with Crippen molar-refractivity contribution in [3.05, 3.63) is 69.6 Å². The van der Waals surface area contributed by atoms with Gasteiger partial charge in [-0.15, -0.1) is 0 Å². The van der Waals surface area contributed by atoms with Crippen LogP contribution in [0.4, 0.5) is 0 Å². The molecule has 0 spiro atoms. The first kappa shape index (κ1) is 17.2. The molecule has 0 aliphatic carbocycles. The Kier molecular flexibility index (Phi) is 4.86. The smallest absolute Gasteiger partial charge is 0.274 e. The zero-order valence-corrected chi connectivity index (χ0v) is 14.7. The van der Waals surface area contributed by atoms with Gasteiger partial charge in [-0.1, -0.05) is 36.4 Å². The molecular weight excluding hydrogens is 316 g/mol. The summed E-state index contributed by atoms with van der Waals surface area (Å²) in [5.41, 5.74) is 2.60. The molecule has 1 heterocycles. The van der Waals surface area contributed by atoms with Gasteiger partial charge in [-0.3, -0.25) is 4.79 Å². The van der Waals surface area contributed by atoms with E-state index in [-0.39, 0.29) is 18.7 Å². The molecule has 3 aromatic rings. The number of aliphatic hydroxyl groups is 1. The van der Waals surface area contributed by atoms with Crippen LogP contribution in [0.15, 0.2) is 47.3 Å². The van der Waals surface area contributed by atoms with Gasteiger partial charge >= 0.3 is 0 Å². The van der Waals surface area contributed by atoms with E-state index in [0.717, 1.165) is 28.0 Å². The van der Waals surface area contributed by atoms with Crippen molar-refractivity contribution < 1.29 is 9.84 Å². The quantitative estimate of drug-likeness (QED) is 0.777. The van der Waals surface area contributed by atoms with Gasteiger partial charge in [0.05, 0.1) is 17.6 Å². The first-order valence-electron chi connectivity index (χ1n) is 8.31. The van der Waals surface area contributed by atoms with E-state index in [1.165, 1.54) is 4.68 Å². The van der Waals surface area contributed by atoms with Crippen molar-refractivity contribution in [3.63, 3.8) is 0 Å². The highest BCUT2D eigenvalue weighted by Crippen LogP contribution is 2.22. The van der Waals surface area contributed by atoms with Crippen LogP contribution in [-0.2, 0) is 6.54 Å². The molecule has 3 rings (SSSR count). The van der Waals surface area contributed by atoms with Crippen LogP contribution in [0.25, 0.3) is 10.8 Å². The first-order valence-corrected chi connectivity index (χ1v) is 8.31. The molecule has 5 heteroatoms. The maximum Gasteiger partial charge on any atom is 0.274 e. The van der Waals surface area contributed by atoms with Gasteiger partial charge in [-0.25, -0.2) is 4.68 Å². The molecule has 1 aromatic heterocycles. The summed E-state index contributed by atoms with van der Waals surface area (Å²) in [6, 6.07) is 13.3. The van der Waals surface area contributed by atoms with Crippen LogP contribution >= 0.6 is 0 Å². The highest BCUT2D eigenvalue weighted by Gasteiger charge is 2.13. The number of nitrogens with zero attached hydrogens (tertiary/aromatic N) is 2. The van der Waals surface area contributed by atoms with Crippen molar-refractivity contribution in [2.45, 2.75) is 33.4 Å². The molecule has 1 unspecified atom stereocenters. The van der Waals surface area contributed by atoms with Gasteiger partial charge in [0.15, 0.2) is 0 Å². The monoisotopic (exact) mass is 338 g/mol. The third-order valence-corrected chi connectivity index (χ3v) is 4.26. The molecule has 0 saturated heterocycles. The number of aryl methyl sites for hydroxylation is 3. The molecule has 25 heavy (non-hydrogen) atoms. The van der Waals surface area contributed by atoms with Gasteiger partial charge in [-0.2, -0.15) is 5.10 Å². The molecule has 0 radical (unpaired) electrons. The van der Waals surface area contributed by atoms with Crippen molar-refractivity contribution in [2.75, 3.05) is 6.61 Å². The van der Waals surface area contributed by atoms with E-state index >= 15 is 0 Å². The minimum atomic E-state index is -0.829. The summed E-state index contributed by atoms with van der Waals surface area (Å²) in [6.07, 6.45) is -0.829. The number of benzene rings is 2. The zero-order chi connectivity index (χ0) is 18.0. The molecular formula is C20H22N2O3. The van der Waals surface area contributed by atoms with Gasteiger partial charge in [0.25, 0.3) is 5.56 Å². The molecule has 130 valence electrons. The predicted octanol–water partition coefficient (Wildman–Crippen LogP) is 2.76. The Morgan fingerprint density at radius 3 is 2.36 bits per heavy atom. The Labute approximate surface area is 146 Å². The number of hydrogen-bond acceptors (Lipinski definition) is 4. The lowest BCUT2D eigenvalue weighted by Crippen LogP contribution is -2.32. The summed E-state index contributed by atoms with van der Waals surface area (Å²) in [4.78, 5) is 12.5. The normalized spacial score (nSPS) is 12.3. The highest BCUT2D eigenvalue weighted by molar-refractivity contribution is 5.83. The number of rotatable bonds is 5. The van der Waals surface area contributed by atoms with Crippen LogP contribution in [0.3, 0.4) is 0 Å². The molecule has 0 saturated carbocycles. The number of aliphatic hydroxyl groups excluding tert-OH is 1. The Hall–Kier alpha value is -2.66. The fourth-order valence-corrected chi connectivity index (χ4v) is 2.99. The van der Waals surface area contributed by atoms with Crippen molar-refractivity contribution in [3.8, 4) is 5.75 Å². The minimum Gasteiger partial charge on any atom is -0.490 e. The molecule has 0 aliphatic rings. The number of para-hydroxylation sites is 1. The number of hydrogen-bond donors (Lipinski definition) is 1. The molecule has 5 nitrogen and oxygen atoms in total. The van der Waals surface area contributed by atoms with Crippen molar-refractivity contribution in [1.82, 2.24) is 9.78 Å². The fourth-order valence-electron chi connectivity index (χ4n) is 2.99. The standard InChI is InChI=1S/C20H22N2O3/c1-13-7-6-8-14(2)19(13)25-12-16(23)11-22-20(24)18-10-5-4-9-17(18)15(3)21-22/h4-10,16,23H,11-12H2,1-3H3. The molecule has 2 aromatic carbocycles. The summed E-state index contributed by atoms with van der Waals surface area (Å²) in [5.74, 6) is 0.775. The molecule has 0 bridgehead atoms. The summed E-state index contributed by atoms with van der Waals surface area (Å²) in [7, 11) is 0. The average Bonchev–Trinajstić information content (AvgIpc) is 2.59. The van der Waals surface area contributed by atoms with Gasteiger partial charge in [0.2, 0.25) is 0 Å². The van der Waals surface area contributed by atoms with Gasteiger partial charge in [0.1, 0.15) is 18.5 Å². The van der Waals surface area contributed by atoms with Crippen molar-refractivity contribution in [1.29, 1.82) is 0 Å². The Morgan fingerprint density at radius 2 is 1.68 bits per heavy atom. The lowest BCUT2D eigenvalue weighted by atomic mass is 10.1. The van der Waals surface area contributed by atoms with Gasteiger partial charge in [-0.05, 0) is 38.0 Å². The molecule has 0 amide bonds. The van der Waals surface area contributed by atoms with E-state index in [4.69, 9.17) is 4.74 Å². The topological polar surface area (TPSA) is 64.3 Å². The van der Waals surface area contributed by atoms with Crippen LogP contribution in [0.5, 0.6) is 5.75 Å². The van der Waals surface area contributed by atoms with E-state index in [9.17, 15) is 9.90 Å². The second-order valence-electron chi connectivity index (χ2n) is 6.30. The summed E-state index contributed by atoms with van der Waals surface area (Å²) in [6.45, 7) is 5.99. The third kappa shape index (κ3) is 3.56. The van der Waals surface area contributed by atoms with E-state index in [1.54, 1.807) is 6.07 Å². The van der Waals surface area contributed by atoms with Crippen LogP contribution in [-0.4, -0.2) is 27.6 Å². The molecule has 0 fully saturated rings. The summed E-state index contributed by atoms with van der Waals surface area (Å²) in [5, 5.41) is 16.1. The average molecular weight is 338 g/mol. The van der Waals surface area contributed by atoms with Crippen molar-refractivity contribution >= 4 is 10.8 Å². The molecule has 0 aliphatic heterocycles. The Balaban J connectivity index is 1.77. The maximum absolute atomic E-state index is 12.5. The molecule has 1 atom stereocenters. The third-order valence-electron chi connectivity index (χ3n) is 4.26. The lowest BCUT2D eigenvalue weighted by Gasteiger charge is -2.16. The highest BCUT2D eigenvalue weighted by atomic mass is 16.5. The molecule has 1 N–H and O–H groups in total. The summed E-state index contributed by atoms with van der Waals surface area (Å²) < 4.78 is 7.08. The number of aromatic nitrogens is 2. The van der Waals surface area contributed by atoms with Gasteiger partial charge < -0.3 is 9.84 Å². The van der Waals surface area contributed by atoms with E-state index < -0.39 is 6.10 Å². The van der Waals surface area contributed by atoms with Gasteiger partial charge in [0, 0.05) is 5.39 Å². The van der Waals surface area contributed by atoms with Crippen LogP contribution in [0, 0.1) is 20.8 Å².